The quantitative estimate of drug-likeness (QED) is 0.794. The van der Waals surface area contributed by atoms with Crippen LogP contribution in [0.5, 0.6) is 0 Å². The molecule has 1 amide bonds. The van der Waals surface area contributed by atoms with E-state index in [2.05, 4.69) is 15.5 Å². The number of aromatic nitrogens is 2. The largest absolute Gasteiger partial charge is 0.410 e. The van der Waals surface area contributed by atoms with Gasteiger partial charge >= 0.3 is 0 Å². The summed E-state index contributed by atoms with van der Waals surface area (Å²) in [5.41, 5.74) is 0. The number of nitrogens with zero attached hydrogens (tertiary/aromatic N) is 2. The first kappa shape index (κ1) is 16.5. The van der Waals surface area contributed by atoms with Crippen LogP contribution in [0.25, 0.3) is 10.8 Å². The molecule has 1 aliphatic heterocycles. The molecule has 7 nitrogen and oxygen atoms in total. The summed E-state index contributed by atoms with van der Waals surface area (Å²) in [6, 6.07) is 3.46. The summed E-state index contributed by atoms with van der Waals surface area (Å²) in [6.07, 6.45) is 0.467. The first-order valence-corrected chi connectivity index (χ1v) is 10.6. The van der Waals surface area contributed by atoms with Gasteiger partial charge in [0, 0.05) is 6.04 Å². The zero-order valence-corrected chi connectivity index (χ0v) is 14.7. The van der Waals surface area contributed by atoms with Crippen LogP contribution in [0.1, 0.15) is 13.3 Å². The molecule has 23 heavy (non-hydrogen) atoms. The minimum absolute atomic E-state index is 0.0131. The van der Waals surface area contributed by atoms with Crippen molar-refractivity contribution in [3.05, 3.63) is 17.5 Å². The molecule has 1 aliphatic rings. The first-order chi connectivity index (χ1) is 10.9. The third-order valence-corrected chi connectivity index (χ3v) is 6.92. The Morgan fingerprint density at radius 1 is 1.52 bits per heavy atom. The minimum atomic E-state index is -3.01. The molecule has 0 aliphatic carbocycles. The molecule has 124 valence electrons. The second-order valence-electron chi connectivity index (χ2n) is 5.22. The Morgan fingerprint density at radius 2 is 2.35 bits per heavy atom. The van der Waals surface area contributed by atoms with Crippen LogP contribution in [-0.2, 0) is 14.6 Å². The summed E-state index contributed by atoms with van der Waals surface area (Å²) >= 11 is 2.65. The molecule has 0 saturated carbocycles. The molecule has 0 bridgehead atoms. The van der Waals surface area contributed by atoms with E-state index in [0.29, 0.717) is 17.5 Å². The van der Waals surface area contributed by atoms with Crippen molar-refractivity contribution in [2.24, 2.45) is 0 Å². The smallest absolute Gasteiger partial charge is 0.277 e. The van der Waals surface area contributed by atoms with Crippen LogP contribution in [-0.4, -0.2) is 47.3 Å². The van der Waals surface area contributed by atoms with E-state index in [9.17, 15) is 13.2 Å². The fourth-order valence-electron chi connectivity index (χ4n) is 2.19. The zero-order valence-electron chi connectivity index (χ0n) is 12.3. The van der Waals surface area contributed by atoms with E-state index in [4.69, 9.17) is 4.42 Å². The first-order valence-electron chi connectivity index (χ1n) is 6.98. The Kier molecular flexibility index (Phi) is 4.74. The van der Waals surface area contributed by atoms with Gasteiger partial charge in [-0.05, 0) is 24.8 Å². The van der Waals surface area contributed by atoms with Crippen molar-refractivity contribution in [1.29, 1.82) is 0 Å². The SMILES string of the molecule is C[C@H](Sc1nnc(-c2cccs2)o1)C(=O)N[C@H]1CCS(=O)(=O)C1. The maximum Gasteiger partial charge on any atom is 0.277 e. The van der Waals surface area contributed by atoms with Gasteiger partial charge < -0.3 is 9.73 Å². The predicted molar refractivity (Wildman–Crippen MR) is 88.1 cm³/mol. The molecule has 0 aromatic carbocycles. The van der Waals surface area contributed by atoms with Crippen molar-refractivity contribution in [2.75, 3.05) is 11.5 Å². The maximum absolute atomic E-state index is 12.1. The number of nitrogens with one attached hydrogen (secondary N) is 1. The van der Waals surface area contributed by atoms with Crippen molar-refractivity contribution in [3.8, 4) is 10.8 Å². The van der Waals surface area contributed by atoms with E-state index in [0.717, 1.165) is 16.6 Å². The average Bonchev–Trinajstić information content (AvgIpc) is 3.19. The third kappa shape index (κ3) is 4.12. The van der Waals surface area contributed by atoms with E-state index in [1.54, 1.807) is 6.92 Å². The van der Waals surface area contributed by atoms with Crippen LogP contribution in [0.2, 0.25) is 0 Å². The van der Waals surface area contributed by atoms with Gasteiger partial charge in [0.25, 0.3) is 11.1 Å². The summed E-state index contributed by atoms with van der Waals surface area (Å²) in [5.74, 6) is 0.344. The van der Waals surface area contributed by atoms with Crippen molar-refractivity contribution in [2.45, 2.75) is 29.9 Å². The van der Waals surface area contributed by atoms with Crippen LogP contribution in [0.4, 0.5) is 0 Å². The second kappa shape index (κ2) is 6.62. The average molecular weight is 373 g/mol. The Morgan fingerprint density at radius 3 is 3.00 bits per heavy atom. The van der Waals surface area contributed by atoms with E-state index >= 15 is 0 Å². The predicted octanol–water partition coefficient (Wildman–Crippen LogP) is 1.58. The molecule has 3 rings (SSSR count). The fraction of sp³-hybridized carbons (Fsp3) is 0.462. The summed E-state index contributed by atoms with van der Waals surface area (Å²) in [6.45, 7) is 1.72. The van der Waals surface area contributed by atoms with Gasteiger partial charge in [-0.15, -0.1) is 21.5 Å². The lowest BCUT2D eigenvalue weighted by atomic mass is 10.2. The number of amides is 1. The van der Waals surface area contributed by atoms with Crippen molar-refractivity contribution in [3.63, 3.8) is 0 Å². The van der Waals surface area contributed by atoms with E-state index in [-0.39, 0.29) is 23.5 Å². The fourth-order valence-corrected chi connectivity index (χ4v) is 5.20. The normalized spacial score (nSPS) is 21.2. The van der Waals surface area contributed by atoms with Crippen molar-refractivity contribution in [1.82, 2.24) is 15.5 Å². The summed E-state index contributed by atoms with van der Waals surface area (Å²) in [7, 11) is -3.01. The van der Waals surface area contributed by atoms with Gasteiger partial charge in [-0.25, -0.2) is 8.42 Å². The van der Waals surface area contributed by atoms with E-state index < -0.39 is 15.1 Å². The lowest BCUT2D eigenvalue weighted by Gasteiger charge is -2.14. The van der Waals surface area contributed by atoms with Crippen molar-refractivity contribution < 1.29 is 17.6 Å². The highest BCUT2D eigenvalue weighted by Crippen LogP contribution is 2.28. The van der Waals surface area contributed by atoms with E-state index in [1.807, 2.05) is 17.5 Å². The molecule has 2 aromatic rings. The van der Waals surface area contributed by atoms with Crippen LogP contribution < -0.4 is 5.32 Å². The van der Waals surface area contributed by atoms with Gasteiger partial charge in [0.2, 0.25) is 5.91 Å². The number of carbonyl (C=O) groups excluding carboxylic acids is 1. The highest BCUT2D eigenvalue weighted by Gasteiger charge is 2.30. The topological polar surface area (TPSA) is 102 Å². The Balaban J connectivity index is 1.56. The van der Waals surface area contributed by atoms with E-state index in [1.165, 1.54) is 11.3 Å². The summed E-state index contributed by atoms with van der Waals surface area (Å²) in [5, 5.41) is 12.4. The maximum atomic E-state index is 12.1. The molecule has 0 radical (unpaired) electrons. The highest BCUT2D eigenvalue weighted by molar-refractivity contribution is 8.00. The third-order valence-electron chi connectivity index (χ3n) is 3.36. The minimum Gasteiger partial charge on any atom is -0.410 e. The van der Waals surface area contributed by atoms with Gasteiger partial charge in [0.1, 0.15) is 0 Å². The van der Waals surface area contributed by atoms with Gasteiger partial charge in [-0.3, -0.25) is 4.79 Å². The van der Waals surface area contributed by atoms with Gasteiger partial charge in [0.05, 0.1) is 21.6 Å². The zero-order chi connectivity index (χ0) is 16.4. The second-order valence-corrected chi connectivity index (χ2v) is 9.69. The summed E-state index contributed by atoms with van der Waals surface area (Å²) < 4.78 is 28.3. The molecule has 2 atom stereocenters. The lowest BCUT2D eigenvalue weighted by molar-refractivity contribution is -0.120. The molecule has 1 saturated heterocycles. The molecular formula is C13H15N3O4S3. The molecule has 2 aromatic heterocycles. The highest BCUT2D eigenvalue weighted by atomic mass is 32.2. The van der Waals surface area contributed by atoms with Crippen LogP contribution in [0, 0.1) is 0 Å². The Labute approximate surface area is 141 Å². The van der Waals surface area contributed by atoms with Crippen LogP contribution >= 0.6 is 23.1 Å². The molecular weight excluding hydrogens is 358 g/mol. The molecule has 10 heteroatoms. The monoisotopic (exact) mass is 373 g/mol. The van der Waals surface area contributed by atoms with Gasteiger partial charge in [0.15, 0.2) is 9.84 Å². The number of hydrogen-bond donors (Lipinski definition) is 1. The number of thiophene rings is 1. The molecule has 0 unspecified atom stereocenters. The van der Waals surface area contributed by atoms with Crippen LogP contribution in [0.3, 0.4) is 0 Å². The van der Waals surface area contributed by atoms with Gasteiger partial charge in [-0.2, -0.15) is 0 Å². The van der Waals surface area contributed by atoms with Crippen molar-refractivity contribution >= 4 is 38.8 Å². The summed E-state index contributed by atoms with van der Waals surface area (Å²) in [4.78, 5) is 13.0. The van der Waals surface area contributed by atoms with Crippen LogP contribution in [0.15, 0.2) is 27.2 Å². The number of rotatable bonds is 5. The Bertz CT molecular complexity index is 785. The number of hydrogen-bond acceptors (Lipinski definition) is 8. The van der Waals surface area contributed by atoms with Gasteiger partial charge in [-0.1, -0.05) is 17.8 Å². The lowest BCUT2D eigenvalue weighted by Crippen LogP contribution is -2.39. The number of sulfone groups is 1. The molecule has 3 heterocycles. The molecule has 0 spiro atoms. The number of carbonyl (C=O) groups is 1. The molecule has 1 fully saturated rings. The molecule has 1 N–H and O–H groups in total. The Hall–Kier alpha value is -1.39. The number of thioether (sulfide) groups is 1. The standard InChI is InChI=1S/C13H15N3O4S3/c1-8(11(17)14-9-4-6-23(18,19)7-9)22-13-16-15-12(20-13)10-3-2-5-21-10/h2-3,5,8-9H,4,6-7H2,1H3,(H,14,17)/t8-,9-/m0/s1.